The molecule has 3 atom stereocenters. The van der Waals surface area contributed by atoms with Crippen LogP contribution in [0.15, 0.2) is 0 Å². The maximum atomic E-state index is 6.23. The molecule has 0 aromatic rings. The molecule has 3 unspecified atom stereocenters. The first-order chi connectivity index (χ1) is 8.19. The molecule has 2 N–H and O–H groups in total. The van der Waals surface area contributed by atoms with Gasteiger partial charge >= 0.3 is 0 Å². The number of nitrogens with two attached hydrogens (primary N) is 1. The fraction of sp³-hybridized carbons (Fsp3) is 1.00. The van der Waals surface area contributed by atoms with Gasteiger partial charge in [0.05, 0.1) is 0 Å². The molecule has 100 valence electrons. The summed E-state index contributed by atoms with van der Waals surface area (Å²) in [5, 5.41) is 0. The van der Waals surface area contributed by atoms with E-state index in [1.54, 1.807) is 0 Å². The second kappa shape index (κ2) is 5.71. The maximum Gasteiger partial charge on any atom is 0.0359 e. The molecule has 0 spiro atoms. The van der Waals surface area contributed by atoms with Gasteiger partial charge in [0, 0.05) is 12.1 Å². The van der Waals surface area contributed by atoms with Crippen molar-refractivity contribution in [3.63, 3.8) is 0 Å². The molecular weight excluding hydrogens is 208 g/mol. The van der Waals surface area contributed by atoms with Crippen LogP contribution in [-0.4, -0.2) is 30.1 Å². The van der Waals surface area contributed by atoms with Crippen LogP contribution in [0.4, 0.5) is 0 Å². The highest BCUT2D eigenvalue weighted by Crippen LogP contribution is 2.41. The highest BCUT2D eigenvalue weighted by molar-refractivity contribution is 5.00. The standard InChI is InChI=1S/C15H30N2/c1-13-7-8-14(2)15(11-13,12-16)17-9-5-3-4-6-10-17/h13-14H,3-12,16H2,1-2H3. The Balaban J connectivity index is 2.14. The molecule has 1 saturated heterocycles. The van der Waals surface area contributed by atoms with E-state index in [-0.39, 0.29) is 0 Å². The third-order valence-corrected chi connectivity index (χ3v) is 5.30. The van der Waals surface area contributed by atoms with Crippen molar-refractivity contribution in [3.8, 4) is 0 Å². The monoisotopic (exact) mass is 238 g/mol. The summed E-state index contributed by atoms with van der Waals surface area (Å²) in [6.45, 7) is 8.28. The van der Waals surface area contributed by atoms with Crippen molar-refractivity contribution in [1.82, 2.24) is 4.90 Å². The van der Waals surface area contributed by atoms with E-state index in [1.165, 1.54) is 58.0 Å². The van der Waals surface area contributed by atoms with Crippen molar-refractivity contribution >= 4 is 0 Å². The number of likely N-dealkylation sites (tertiary alicyclic amines) is 1. The smallest absolute Gasteiger partial charge is 0.0359 e. The van der Waals surface area contributed by atoms with Crippen LogP contribution in [0.5, 0.6) is 0 Å². The summed E-state index contributed by atoms with van der Waals surface area (Å²) in [6, 6.07) is 0. The Morgan fingerprint density at radius 3 is 2.29 bits per heavy atom. The molecular formula is C15H30N2. The minimum atomic E-state index is 0.321. The predicted molar refractivity (Wildman–Crippen MR) is 74.0 cm³/mol. The van der Waals surface area contributed by atoms with Gasteiger partial charge in [-0.05, 0) is 50.6 Å². The first kappa shape index (κ1) is 13.4. The van der Waals surface area contributed by atoms with Crippen molar-refractivity contribution in [2.75, 3.05) is 19.6 Å². The predicted octanol–water partition coefficient (Wildman–Crippen LogP) is 3.02. The summed E-state index contributed by atoms with van der Waals surface area (Å²) in [7, 11) is 0. The molecule has 2 nitrogen and oxygen atoms in total. The lowest BCUT2D eigenvalue weighted by molar-refractivity contribution is -0.00171. The van der Waals surface area contributed by atoms with E-state index in [2.05, 4.69) is 18.7 Å². The second-order valence-corrected chi connectivity index (χ2v) is 6.50. The Kier molecular flexibility index (Phi) is 4.48. The zero-order valence-electron chi connectivity index (χ0n) is 11.8. The maximum absolute atomic E-state index is 6.23. The summed E-state index contributed by atoms with van der Waals surface area (Å²) in [5.74, 6) is 1.64. The van der Waals surface area contributed by atoms with Gasteiger partial charge < -0.3 is 5.73 Å². The fourth-order valence-electron chi connectivity index (χ4n) is 4.08. The average Bonchev–Trinajstić information content (AvgIpc) is 2.61. The Bertz CT molecular complexity index is 233. The lowest BCUT2D eigenvalue weighted by Gasteiger charge is -2.51. The van der Waals surface area contributed by atoms with Gasteiger partial charge in [-0.1, -0.05) is 33.1 Å². The molecule has 1 heterocycles. The van der Waals surface area contributed by atoms with E-state index in [0.29, 0.717) is 5.54 Å². The molecule has 17 heavy (non-hydrogen) atoms. The average molecular weight is 238 g/mol. The van der Waals surface area contributed by atoms with Crippen LogP contribution in [-0.2, 0) is 0 Å². The summed E-state index contributed by atoms with van der Waals surface area (Å²) >= 11 is 0. The third-order valence-electron chi connectivity index (χ3n) is 5.30. The Hall–Kier alpha value is -0.0800. The molecule has 1 saturated carbocycles. The van der Waals surface area contributed by atoms with Gasteiger partial charge in [-0.2, -0.15) is 0 Å². The molecule has 2 heteroatoms. The summed E-state index contributed by atoms with van der Waals surface area (Å²) in [4.78, 5) is 2.76. The van der Waals surface area contributed by atoms with Gasteiger partial charge in [-0.25, -0.2) is 0 Å². The molecule has 2 aliphatic rings. The molecule has 2 rings (SSSR count). The van der Waals surface area contributed by atoms with Crippen molar-refractivity contribution in [3.05, 3.63) is 0 Å². The van der Waals surface area contributed by atoms with Crippen molar-refractivity contribution in [1.29, 1.82) is 0 Å². The first-order valence-electron chi connectivity index (χ1n) is 7.64. The molecule has 0 amide bonds. The zero-order chi connectivity index (χ0) is 12.3. The van der Waals surface area contributed by atoms with Crippen LogP contribution < -0.4 is 5.73 Å². The van der Waals surface area contributed by atoms with Crippen LogP contribution in [0.3, 0.4) is 0 Å². The molecule has 0 aromatic carbocycles. The molecule has 0 bridgehead atoms. The van der Waals surface area contributed by atoms with Crippen LogP contribution in [0.25, 0.3) is 0 Å². The largest absolute Gasteiger partial charge is 0.329 e. The van der Waals surface area contributed by atoms with Gasteiger partial charge in [-0.15, -0.1) is 0 Å². The van der Waals surface area contributed by atoms with Crippen molar-refractivity contribution < 1.29 is 0 Å². The Morgan fingerprint density at radius 1 is 1.06 bits per heavy atom. The number of hydrogen-bond donors (Lipinski definition) is 1. The van der Waals surface area contributed by atoms with E-state index >= 15 is 0 Å². The van der Waals surface area contributed by atoms with Crippen molar-refractivity contribution in [2.24, 2.45) is 17.6 Å². The summed E-state index contributed by atoms with van der Waals surface area (Å²) < 4.78 is 0. The van der Waals surface area contributed by atoms with E-state index in [4.69, 9.17) is 5.73 Å². The normalized spacial score (nSPS) is 41.1. The Labute approximate surface area is 107 Å². The van der Waals surface area contributed by atoms with Gasteiger partial charge in [0.25, 0.3) is 0 Å². The quantitative estimate of drug-likeness (QED) is 0.801. The van der Waals surface area contributed by atoms with E-state index in [9.17, 15) is 0 Å². The minimum absolute atomic E-state index is 0.321. The van der Waals surface area contributed by atoms with Crippen LogP contribution in [0, 0.1) is 11.8 Å². The lowest BCUT2D eigenvalue weighted by atomic mass is 9.68. The molecule has 0 radical (unpaired) electrons. The Morgan fingerprint density at radius 2 is 1.71 bits per heavy atom. The van der Waals surface area contributed by atoms with Gasteiger partial charge in [0.2, 0.25) is 0 Å². The molecule has 0 aromatic heterocycles. The van der Waals surface area contributed by atoms with Gasteiger partial charge in [-0.3, -0.25) is 4.90 Å². The van der Waals surface area contributed by atoms with E-state index < -0.39 is 0 Å². The van der Waals surface area contributed by atoms with E-state index in [1.807, 2.05) is 0 Å². The topological polar surface area (TPSA) is 29.3 Å². The molecule has 1 aliphatic carbocycles. The minimum Gasteiger partial charge on any atom is -0.329 e. The molecule has 2 fully saturated rings. The van der Waals surface area contributed by atoms with Crippen LogP contribution in [0.2, 0.25) is 0 Å². The fourth-order valence-corrected chi connectivity index (χ4v) is 4.08. The first-order valence-corrected chi connectivity index (χ1v) is 7.64. The van der Waals surface area contributed by atoms with Crippen molar-refractivity contribution in [2.45, 2.75) is 64.3 Å². The third kappa shape index (κ3) is 2.68. The van der Waals surface area contributed by atoms with Crippen LogP contribution >= 0.6 is 0 Å². The zero-order valence-corrected chi connectivity index (χ0v) is 11.8. The van der Waals surface area contributed by atoms with Gasteiger partial charge in [0.1, 0.15) is 0 Å². The van der Waals surface area contributed by atoms with Gasteiger partial charge in [0.15, 0.2) is 0 Å². The van der Waals surface area contributed by atoms with E-state index in [0.717, 1.165) is 18.4 Å². The lowest BCUT2D eigenvalue weighted by Crippen LogP contribution is -2.60. The number of rotatable bonds is 2. The second-order valence-electron chi connectivity index (χ2n) is 6.50. The number of hydrogen-bond acceptors (Lipinski definition) is 2. The highest BCUT2D eigenvalue weighted by atomic mass is 15.2. The highest BCUT2D eigenvalue weighted by Gasteiger charge is 2.43. The SMILES string of the molecule is CC1CCC(C)C(CN)(N2CCCCCC2)C1. The molecule has 1 aliphatic heterocycles. The summed E-state index contributed by atoms with van der Waals surface area (Å²) in [5.41, 5.74) is 6.55. The summed E-state index contributed by atoms with van der Waals surface area (Å²) in [6.07, 6.45) is 9.68. The number of nitrogens with zero attached hydrogens (tertiary/aromatic N) is 1. The van der Waals surface area contributed by atoms with Crippen LogP contribution in [0.1, 0.15) is 58.8 Å².